The van der Waals surface area contributed by atoms with Crippen LogP contribution in [0.3, 0.4) is 0 Å². The van der Waals surface area contributed by atoms with E-state index in [1.165, 1.54) is 4.90 Å². The molecule has 0 bridgehead atoms. The maximum atomic E-state index is 13.6. The number of carbonyl (C=O) groups excluding carboxylic acids is 2. The molecule has 1 fully saturated rings. The highest BCUT2D eigenvalue weighted by Gasteiger charge is 2.32. The van der Waals surface area contributed by atoms with Crippen molar-refractivity contribution in [2.24, 2.45) is 11.3 Å². The summed E-state index contributed by atoms with van der Waals surface area (Å²) in [5.41, 5.74) is 0.00951. The standard InChI is InChI=1S/C25H36N2O5S/c1-6-8-9-18(7-2)23(29)27(17-21(28)26-12-14-32-15-13-26)20-16-19(10-11-25(3,4)5)33-22(20)24(30)31/h16,18H,6-9,12-15,17H2,1-5H3,(H,30,31). The number of carbonyl (C=O) groups is 3. The number of nitrogens with zero attached hydrogens (tertiary/aromatic N) is 2. The van der Waals surface area contributed by atoms with Crippen LogP contribution in [0.4, 0.5) is 5.69 Å². The Bertz CT molecular complexity index is 900. The lowest BCUT2D eigenvalue weighted by molar-refractivity contribution is -0.135. The first-order valence-corrected chi connectivity index (χ1v) is 12.5. The molecular weight excluding hydrogens is 440 g/mol. The minimum absolute atomic E-state index is 0.0293. The highest BCUT2D eigenvalue weighted by molar-refractivity contribution is 7.15. The third-order valence-electron chi connectivity index (χ3n) is 5.43. The van der Waals surface area contributed by atoms with Gasteiger partial charge in [-0.15, -0.1) is 11.3 Å². The summed E-state index contributed by atoms with van der Waals surface area (Å²) >= 11 is 1.04. The van der Waals surface area contributed by atoms with Gasteiger partial charge in [0.15, 0.2) is 0 Å². The van der Waals surface area contributed by atoms with Crippen LogP contribution in [0.5, 0.6) is 0 Å². The second-order valence-electron chi connectivity index (χ2n) is 9.30. The van der Waals surface area contributed by atoms with Crippen molar-refractivity contribution >= 4 is 34.8 Å². The van der Waals surface area contributed by atoms with E-state index < -0.39 is 5.97 Å². The van der Waals surface area contributed by atoms with Gasteiger partial charge in [0.1, 0.15) is 11.4 Å². The normalized spacial score (nSPS) is 14.9. The van der Waals surface area contributed by atoms with E-state index in [1.54, 1.807) is 11.0 Å². The van der Waals surface area contributed by atoms with Crippen LogP contribution in [-0.4, -0.2) is 60.6 Å². The van der Waals surface area contributed by atoms with E-state index in [-0.39, 0.29) is 40.3 Å². The molecule has 1 unspecified atom stereocenters. The first-order chi connectivity index (χ1) is 15.6. The summed E-state index contributed by atoms with van der Waals surface area (Å²) < 4.78 is 5.33. The Morgan fingerprint density at radius 2 is 1.91 bits per heavy atom. The van der Waals surface area contributed by atoms with Gasteiger partial charge in [0, 0.05) is 24.4 Å². The Morgan fingerprint density at radius 3 is 2.45 bits per heavy atom. The van der Waals surface area contributed by atoms with Gasteiger partial charge in [0.25, 0.3) is 0 Å². The van der Waals surface area contributed by atoms with Gasteiger partial charge in [0.2, 0.25) is 11.8 Å². The second kappa shape index (κ2) is 12.2. The van der Waals surface area contributed by atoms with Crippen LogP contribution >= 0.6 is 11.3 Å². The molecule has 0 saturated carbocycles. The zero-order valence-corrected chi connectivity index (χ0v) is 21.2. The molecule has 0 spiro atoms. The van der Waals surface area contributed by atoms with E-state index >= 15 is 0 Å². The number of aromatic carboxylic acids is 1. The van der Waals surface area contributed by atoms with Crippen LogP contribution in [0.1, 0.15) is 74.9 Å². The smallest absolute Gasteiger partial charge is 0.348 e. The van der Waals surface area contributed by atoms with Gasteiger partial charge in [-0.25, -0.2) is 4.79 Å². The molecular formula is C25H36N2O5S. The fourth-order valence-electron chi connectivity index (χ4n) is 3.55. The summed E-state index contributed by atoms with van der Waals surface area (Å²) in [6, 6.07) is 1.64. The first-order valence-electron chi connectivity index (χ1n) is 11.6. The molecule has 1 aliphatic rings. The molecule has 1 atom stereocenters. The Balaban J connectivity index is 2.47. The summed E-state index contributed by atoms with van der Waals surface area (Å²) in [5.74, 6) is 4.35. The number of amides is 2. The molecule has 0 aliphatic carbocycles. The minimum atomic E-state index is -1.13. The van der Waals surface area contributed by atoms with Crippen molar-refractivity contribution in [1.29, 1.82) is 0 Å². The van der Waals surface area contributed by atoms with E-state index in [0.29, 0.717) is 44.0 Å². The summed E-state index contributed by atoms with van der Waals surface area (Å²) in [6.07, 6.45) is 3.19. The summed E-state index contributed by atoms with van der Waals surface area (Å²) in [7, 11) is 0. The third kappa shape index (κ3) is 7.86. The predicted molar refractivity (Wildman–Crippen MR) is 131 cm³/mol. The maximum Gasteiger partial charge on any atom is 0.348 e. The van der Waals surface area contributed by atoms with Crippen molar-refractivity contribution in [1.82, 2.24) is 4.90 Å². The van der Waals surface area contributed by atoms with Crippen LogP contribution in [0.15, 0.2) is 6.07 Å². The second-order valence-corrected chi connectivity index (χ2v) is 10.3. The van der Waals surface area contributed by atoms with Crippen LogP contribution in [-0.2, 0) is 14.3 Å². The fraction of sp³-hybridized carbons (Fsp3) is 0.640. The lowest BCUT2D eigenvalue weighted by Crippen LogP contribution is -2.48. The summed E-state index contributed by atoms with van der Waals surface area (Å²) in [6.45, 7) is 11.6. The SMILES string of the molecule is CCCCC(CC)C(=O)N(CC(=O)N1CCOCC1)c1cc(C#CC(C)(C)C)sc1C(=O)O. The molecule has 1 aliphatic heterocycles. The average Bonchev–Trinajstić information content (AvgIpc) is 3.21. The van der Waals surface area contributed by atoms with Gasteiger partial charge >= 0.3 is 5.97 Å². The first kappa shape index (κ1) is 26.9. The molecule has 1 N–H and O–H groups in total. The molecule has 2 amide bonds. The average molecular weight is 477 g/mol. The molecule has 182 valence electrons. The topological polar surface area (TPSA) is 87.2 Å². The Morgan fingerprint density at radius 1 is 1.24 bits per heavy atom. The van der Waals surface area contributed by atoms with Crippen molar-refractivity contribution in [2.45, 2.75) is 60.3 Å². The number of hydrogen-bond acceptors (Lipinski definition) is 5. The van der Waals surface area contributed by atoms with E-state index in [2.05, 4.69) is 18.8 Å². The zero-order chi connectivity index (χ0) is 24.6. The molecule has 1 aromatic rings. The molecule has 8 heteroatoms. The Hall–Kier alpha value is -2.37. The number of morpholine rings is 1. The fourth-order valence-corrected chi connectivity index (χ4v) is 4.40. The summed E-state index contributed by atoms with van der Waals surface area (Å²) in [5, 5.41) is 9.87. The number of anilines is 1. The van der Waals surface area contributed by atoms with Crippen LogP contribution in [0.25, 0.3) is 0 Å². The van der Waals surface area contributed by atoms with E-state index in [9.17, 15) is 19.5 Å². The van der Waals surface area contributed by atoms with Crippen molar-refractivity contribution in [2.75, 3.05) is 37.7 Å². The number of rotatable bonds is 9. The van der Waals surface area contributed by atoms with Crippen LogP contribution < -0.4 is 4.90 Å². The number of carboxylic acid groups (broad SMARTS) is 1. The van der Waals surface area contributed by atoms with Crippen molar-refractivity contribution in [3.8, 4) is 11.8 Å². The molecule has 1 aromatic heterocycles. The minimum Gasteiger partial charge on any atom is -0.477 e. The molecule has 7 nitrogen and oxygen atoms in total. The maximum absolute atomic E-state index is 13.6. The van der Waals surface area contributed by atoms with Gasteiger partial charge < -0.3 is 19.6 Å². The molecule has 0 aromatic carbocycles. The van der Waals surface area contributed by atoms with Gasteiger partial charge in [-0.05, 0) is 39.7 Å². The number of thiophene rings is 1. The molecule has 2 rings (SSSR count). The van der Waals surface area contributed by atoms with Gasteiger partial charge in [0.05, 0.1) is 23.8 Å². The lowest BCUT2D eigenvalue weighted by atomic mass is 9.97. The molecule has 1 saturated heterocycles. The van der Waals surface area contributed by atoms with Crippen molar-refractivity contribution < 1.29 is 24.2 Å². The van der Waals surface area contributed by atoms with Crippen molar-refractivity contribution in [3.05, 3.63) is 15.8 Å². The van der Waals surface area contributed by atoms with Gasteiger partial charge in [-0.1, -0.05) is 38.5 Å². The molecule has 2 heterocycles. The highest BCUT2D eigenvalue weighted by Crippen LogP contribution is 2.32. The number of carboxylic acids is 1. The zero-order valence-electron chi connectivity index (χ0n) is 20.4. The largest absolute Gasteiger partial charge is 0.477 e. The Kier molecular flexibility index (Phi) is 9.93. The number of unbranched alkanes of at least 4 members (excludes halogenated alkanes) is 1. The van der Waals surface area contributed by atoms with E-state index in [1.807, 2.05) is 27.7 Å². The number of hydrogen-bond donors (Lipinski definition) is 1. The van der Waals surface area contributed by atoms with Crippen LogP contribution in [0.2, 0.25) is 0 Å². The van der Waals surface area contributed by atoms with Crippen LogP contribution in [0, 0.1) is 23.2 Å². The van der Waals surface area contributed by atoms with E-state index in [0.717, 1.165) is 24.2 Å². The highest BCUT2D eigenvalue weighted by atomic mass is 32.1. The van der Waals surface area contributed by atoms with Gasteiger partial charge in [-0.2, -0.15) is 0 Å². The van der Waals surface area contributed by atoms with Gasteiger partial charge in [-0.3, -0.25) is 9.59 Å². The third-order valence-corrected chi connectivity index (χ3v) is 6.46. The quantitative estimate of drug-likeness (QED) is 0.539. The monoisotopic (exact) mass is 476 g/mol. The molecule has 0 radical (unpaired) electrons. The van der Waals surface area contributed by atoms with E-state index in [4.69, 9.17) is 4.74 Å². The Labute approximate surface area is 201 Å². The number of ether oxygens (including phenoxy) is 1. The summed E-state index contributed by atoms with van der Waals surface area (Å²) in [4.78, 5) is 42.4. The predicted octanol–water partition coefficient (Wildman–Crippen LogP) is 4.25. The molecule has 33 heavy (non-hydrogen) atoms. The lowest BCUT2D eigenvalue weighted by Gasteiger charge is -2.31. The van der Waals surface area contributed by atoms with Crippen molar-refractivity contribution in [3.63, 3.8) is 0 Å².